The van der Waals surface area contributed by atoms with Gasteiger partial charge < -0.3 is 4.74 Å². The van der Waals surface area contributed by atoms with Crippen molar-refractivity contribution in [3.8, 4) is 5.75 Å². The van der Waals surface area contributed by atoms with Gasteiger partial charge in [-0.05, 0) is 24.6 Å². The van der Waals surface area contributed by atoms with E-state index in [-0.39, 0.29) is 16.8 Å². The summed E-state index contributed by atoms with van der Waals surface area (Å²) in [5.74, 6) is 0.765. The first-order chi connectivity index (χ1) is 14.5. The Kier molecular flexibility index (Phi) is 4.44. The monoisotopic (exact) mass is 419 g/mol. The molecule has 0 unspecified atom stereocenters. The van der Waals surface area contributed by atoms with E-state index >= 15 is 0 Å². The number of halogens is 1. The standard InChI is InChI=1S/C23H18ClN3O3/c1-14-6-8-15(9-7-14)19-13-20-17-4-2-3-5-22(17)30-23(26(20)25-19)16-10-11-18(24)21(12-16)27(28)29/h2-12,20,23H,13H2,1H3/t20-,23+/m1/s1. The van der Waals surface area contributed by atoms with E-state index in [4.69, 9.17) is 21.4 Å². The summed E-state index contributed by atoms with van der Waals surface area (Å²) in [5, 5.41) is 18.3. The lowest BCUT2D eigenvalue weighted by molar-refractivity contribution is -0.384. The molecule has 0 saturated carbocycles. The van der Waals surface area contributed by atoms with E-state index in [1.807, 2.05) is 29.3 Å². The summed E-state index contributed by atoms with van der Waals surface area (Å²) < 4.78 is 6.26. The predicted molar refractivity (Wildman–Crippen MR) is 115 cm³/mol. The van der Waals surface area contributed by atoms with Gasteiger partial charge in [-0.1, -0.05) is 65.7 Å². The van der Waals surface area contributed by atoms with Crippen LogP contribution in [0.5, 0.6) is 5.75 Å². The maximum absolute atomic E-state index is 11.4. The minimum Gasteiger partial charge on any atom is -0.464 e. The minimum absolute atomic E-state index is 0.00835. The summed E-state index contributed by atoms with van der Waals surface area (Å²) in [6, 6.07) is 20.9. The van der Waals surface area contributed by atoms with E-state index in [1.165, 1.54) is 17.7 Å². The van der Waals surface area contributed by atoms with Gasteiger partial charge in [0.25, 0.3) is 5.69 Å². The van der Waals surface area contributed by atoms with E-state index in [0.717, 1.165) is 29.0 Å². The zero-order valence-electron chi connectivity index (χ0n) is 16.2. The molecule has 0 amide bonds. The Morgan fingerprint density at radius 3 is 2.67 bits per heavy atom. The second-order valence-corrected chi connectivity index (χ2v) is 7.90. The predicted octanol–water partition coefficient (Wildman–Crippen LogP) is 5.80. The summed E-state index contributed by atoms with van der Waals surface area (Å²) in [4.78, 5) is 10.9. The lowest BCUT2D eigenvalue weighted by Crippen LogP contribution is -2.33. The summed E-state index contributed by atoms with van der Waals surface area (Å²) in [7, 11) is 0. The highest BCUT2D eigenvalue weighted by Crippen LogP contribution is 2.48. The topological polar surface area (TPSA) is 68.0 Å². The fourth-order valence-corrected chi connectivity index (χ4v) is 4.18. The molecule has 2 aliphatic heterocycles. The number of hydrogen-bond acceptors (Lipinski definition) is 5. The molecule has 0 radical (unpaired) electrons. The molecule has 0 N–H and O–H groups in total. The van der Waals surface area contributed by atoms with Crippen LogP contribution in [0.15, 0.2) is 71.8 Å². The molecule has 2 heterocycles. The van der Waals surface area contributed by atoms with Crippen LogP contribution >= 0.6 is 11.6 Å². The molecular weight excluding hydrogens is 402 g/mol. The van der Waals surface area contributed by atoms with E-state index in [1.54, 1.807) is 6.07 Å². The van der Waals surface area contributed by atoms with Crippen molar-refractivity contribution in [2.45, 2.75) is 25.6 Å². The van der Waals surface area contributed by atoms with Crippen LogP contribution in [-0.4, -0.2) is 15.6 Å². The maximum atomic E-state index is 11.4. The molecule has 3 aromatic rings. The molecule has 0 aliphatic carbocycles. The van der Waals surface area contributed by atoms with Gasteiger partial charge >= 0.3 is 0 Å². The Hall–Kier alpha value is -3.38. The Morgan fingerprint density at radius 2 is 1.90 bits per heavy atom. The lowest BCUT2D eigenvalue weighted by Gasteiger charge is -2.38. The van der Waals surface area contributed by atoms with Crippen molar-refractivity contribution in [2.24, 2.45) is 5.10 Å². The number of ether oxygens (including phenoxy) is 1. The third kappa shape index (κ3) is 3.09. The SMILES string of the molecule is Cc1ccc(C2=NN3[C@H](C2)c2ccccc2O[C@H]3c2ccc(Cl)c([N+](=O)[O-])c2)cc1. The highest BCUT2D eigenvalue weighted by atomic mass is 35.5. The van der Waals surface area contributed by atoms with Gasteiger partial charge in [0.1, 0.15) is 10.8 Å². The number of hydrazone groups is 1. The summed E-state index contributed by atoms with van der Waals surface area (Å²) >= 11 is 6.01. The first-order valence-electron chi connectivity index (χ1n) is 9.63. The van der Waals surface area contributed by atoms with Gasteiger partial charge in [0.2, 0.25) is 6.23 Å². The molecule has 30 heavy (non-hydrogen) atoms. The third-order valence-electron chi connectivity index (χ3n) is 5.54. The lowest BCUT2D eigenvalue weighted by atomic mass is 9.95. The van der Waals surface area contributed by atoms with Crippen LogP contribution in [0.4, 0.5) is 5.69 Å². The van der Waals surface area contributed by atoms with Crippen molar-refractivity contribution in [3.05, 3.63) is 104 Å². The Morgan fingerprint density at radius 1 is 1.13 bits per heavy atom. The number of aryl methyl sites for hydroxylation is 1. The number of nitro groups is 1. The molecule has 0 saturated heterocycles. The molecule has 3 aromatic carbocycles. The molecule has 0 spiro atoms. The van der Waals surface area contributed by atoms with Crippen LogP contribution in [0.1, 0.15) is 40.9 Å². The second kappa shape index (κ2) is 7.15. The van der Waals surface area contributed by atoms with Crippen molar-refractivity contribution in [1.82, 2.24) is 5.01 Å². The molecule has 0 aromatic heterocycles. The summed E-state index contributed by atoms with van der Waals surface area (Å²) in [6.45, 7) is 2.05. The van der Waals surface area contributed by atoms with Gasteiger partial charge in [0, 0.05) is 23.6 Å². The maximum Gasteiger partial charge on any atom is 0.288 e. The number of benzene rings is 3. The average Bonchev–Trinajstić information content (AvgIpc) is 3.19. The van der Waals surface area contributed by atoms with Gasteiger partial charge in [-0.15, -0.1) is 0 Å². The highest BCUT2D eigenvalue weighted by molar-refractivity contribution is 6.32. The quantitative estimate of drug-likeness (QED) is 0.397. The van der Waals surface area contributed by atoms with E-state index in [0.29, 0.717) is 5.56 Å². The van der Waals surface area contributed by atoms with Crippen molar-refractivity contribution in [3.63, 3.8) is 0 Å². The van der Waals surface area contributed by atoms with Crippen molar-refractivity contribution < 1.29 is 9.66 Å². The molecule has 0 bridgehead atoms. The fraction of sp³-hybridized carbons (Fsp3) is 0.174. The number of rotatable bonds is 3. The first-order valence-corrected chi connectivity index (χ1v) is 10.0. The Bertz CT molecular complexity index is 1180. The fourth-order valence-electron chi connectivity index (χ4n) is 4.00. The zero-order chi connectivity index (χ0) is 20.8. The van der Waals surface area contributed by atoms with Gasteiger partial charge in [-0.3, -0.25) is 10.1 Å². The highest BCUT2D eigenvalue weighted by Gasteiger charge is 2.41. The molecule has 2 atom stereocenters. The van der Waals surface area contributed by atoms with Crippen molar-refractivity contribution in [2.75, 3.05) is 0 Å². The first kappa shape index (κ1) is 18.6. The van der Waals surface area contributed by atoms with Gasteiger partial charge in [-0.25, -0.2) is 5.01 Å². The summed E-state index contributed by atoms with van der Waals surface area (Å²) in [5.41, 5.74) is 4.77. The van der Waals surface area contributed by atoms with E-state index in [2.05, 4.69) is 31.2 Å². The van der Waals surface area contributed by atoms with Crippen molar-refractivity contribution >= 4 is 23.0 Å². The van der Waals surface area contributed by atoms with Crippen LogP contribution in [0.2, 0.25) is 5.02 Å². The van der Waals surface area contributed by atoms with E-state index in [9.17, 15) is 10.1 Å². The Balaban J connectivity index is 1.60. The van der Waals surface area contributed by atoms with Crippen molar-refractivity contribution in [1.29, 1.82) is 0 Å². The largest absolute Gasteiger partial charge is 0.464 e. The second-order valence-electron chi connectivity index (χ2n) is 7.49. The number of nitrogens with zero attached hydrogens (tertiary/aromatic N) is 3. The van der Waals surface area contributed by atoms with Gasteiger partial charge in [0.05, 0.1) is 16.7 Å². The average molecular weight is 420 g/mol. The van der Waals surface area contributed by atoms with Gasteiger partial charge in [0.15, 0.2) is 0 Å². The molecule has 0 fully saturated rings. The van der Waals surface area contributed by atoms with Crippen LogP contribution in [-0.2, 0) is 0 Å². The number of nitro benzene ring substituents is 1. The molecule has 7 heteroatoms. The van der Waals surface area contributed by atoms with Crippen LogP contribution in [0.25, 0.3) is 0 Å². The summed E-state index contributed by atoms with van der Waals surface area (Å²) in [6.07, 6.45) is 0.152. The van der Waals surface area contributed by atoms with Gasteiger partial charge in [-0.2, -0.15) is 5.10 Å². The molecular formula is C23H18ClN3O3. The van der Waals surface area contributed by atoms with Crippen LogP contribution < -0.4 is 4.74 Å². The normalized spacial score (nSPS) is 19.5. The number of para-hydroxylation sites is 1. The Labute approximate surface area is 178 Å². The molecule has 150 valence electrons. The number of fused-ring (bicyclic) bond motifs is 3. The van der Waals surface area contributed by atoms with E-state index < -0.39 is 11.2 Å². The number of hydrogen-bond donors (Lipinski definition) is 0. The smallest absolute Gasteiger partial charge is 0.288 e. The third-order valence-corrected chi connectivity index (χ3v) is 5.86. The molecule has 5 rings (SSSR count). The minimum atomic E-state index is -0.580. The van der Waals surface area contributed by atoms with Crippen LogP contribution in [0.3, 0.4) is 0 Å². The molecule has 2 aliphatic rings. The molecule has 6 nitrogen and oxygen atoms in total. The van der Waals surface area contributed by atoms with Crippen LogP contribution in [0, 0.1) is 17.0 Å². The zero-order valence-corrected chi connectivity index (χ0v) is 16.9.